The zero-order chi connectivity index (χ0) is 14.5. The first-order valence-corrected chi connectivity index (χ1v) is 7.19. The third-order valence-corrected chi connectivity index (χ3v) is 3.95. The topological polar surface area (TPSA) is 72.6 Å². The van der Waals surface area contributed by atoms with Gasteiger partial charge in [0.15, 0.2) is 0 Å². The molecule has 1 aromatic rings. The highest BCUT2D eigenvalue weighted by molar-refractivity contribution is 6.32. The molecule has 1 aliphatic carbocycles. The van der Waals surface area contributed by atoms with Crippen LogP contribution in [0.3, 0.4) is 0 Å². The molecule has 110 valence electrons. The lowest BCUT2D eigenvalue weighted by Gasteiger charge is -2.16. The Balaban J connectivity index is 1.89. The van der Waals surface area contributed by atoms with Gasteiger partial charge >= 0.3 is 0 Å². The van der Waals surface area contributed by atoms with Crippen molar-refractivity contribution < 1.29 is 14.8 Å². The highest BCUT2D eigenvalue weighted by atomic mass is 35.5. The number of halogens is 1. The molecular weight excluding hydrogens is 282 g/mol. The SMILES string of the molecule is O=[N+]([O-])c1ccc(Cl)c(OCC(O)CC2CCCC2)c1. The van der Waals surface area contributed by atoms with Crippen molar-refractivity contribution in [1.29, 1.82) is 0 Å². The zero-order valence-electron chi connectivity index (χ0n) is 11.1. The largest absolute Gasteiger partial charge is 0.489 e. The van der Waals surface area contributed by atoms with Gasteiger partial charge in [-0.1, -0.05) is 37.3 Å². The maximum absolute atomic E-state index is 10.7. The molecule has 0 heterocycles. The van der Waals surface area contributed by atoms with Crippen molar-refractivity contribution in [2.45, 2.75) is 38.2 Å². The number of non-ortho nitro benzene ring substituents is 1. The molecule has 0 radical (unpaired) electrons. The number of aliphatic hydroxyl groups is 1. The van der Waals surface area contributed by atoms with Gasteiger partial charge in [-0.3, -0.25) is 10.1 Å². The second-order valence-electron chi connectivity index (χ2n) is 5.22. The van der Waals surface area contributed by atoms with E-state index in [9.17, 15) is 15.2 Å². The summed E-state index contributed by atoms with van der Waals surface area (Å²) in [7, 11) is 0. The third kappa shape index (κ3) is 4.08. The first-order valence-electron chi connectivity index (χ1n) is 6.81. The number of nitro groups is 1. The van der Waals surface area contributed by atoms with E-state index in [1.165, 1.54) is 31.0 Å². The molecule has 2 rings (SSSR count). The van der Waals surface area contributed by atoms with Gasteiger partial charge in [0.25, 0.3) is 5.69 Å². The number of hydrogen-bond acceptors (Lipinski definition) is 4. The highest BCUT2D eigenvalue weighted by Gasteiger charge is 2.19. The van der Waals surface area contributed by atoms with Gasteiger partial charge < -0.3 is 9.84 Å². The quantitative estimate of drug-likeness (QED) is 0.644. The third-order valence-electron chi connectivity index (χ3n) is 3.64. The predicted octanol–water partition coefficient (Wildman–Crippen LogP) is 3.57. The van der Waals surface area contributed by atoms with E-state index in [1.807, 2.05) is 0 Å². The number of rotatable bonds is 6. The maximum atomic E-state index is 10.7. The first kappa shape index (κ1) is 15.1. The monoisotopic (exact) mass is 299 g/mol. The summed E-state index contributed by atoms with van der Waals surface area (Å²) >= 11 is 5.93. The van der Waals surface area contributed by atoms with Crippen LogP contribution in [0.15, 0.2) is 18.2 Å². The molecule has 6 heteroatoms. The lowest BCUT2D eigenvalue weighted by molar-refractivity contribution is -0.384. The van der Waals surface area contributed by atoms with E-state index < -0.39 is 11.0 Å². The summed E-state index contributed by atoms with van der Waals surface area (Å²) in [6, 6.07) is 4.03. The second kappa shape index (κ2) is 6.90. The summed E-state index contributed by atoms with van der Waals surface area (Å²) in [6.45, 7) is 0.109. The highest BCUT2D eigenvalue weighted by Crippen LogP contribution is 2.31. The predicted molar refractivity (Wildman–Crippen MR) is 76.2 cm³/mol. The minimum absolute atomic E-state index is 0.0744. The summed E-state index contributed by atoms with van der Waals surface area (Å²) in [4.78, 5) is 10.2. The van der Waals surface area contributed by atoms with E-state index >= 15 is 0 Å². The molecule has 1 unspecified atom stereocenters. The maximum Gasteiger partial charge on any atom is 0.273 e. The molecule has 20 heavy (non-hydrogen) atoms. The van der Waals surface area contributed by atoms with Gasteiger partial charge in [-0.15, -0.1) is 0 Å². The fraction of sp³-hybridized carbons (Fsp3) is 0.571. The molecule has 0 aliphatic heterocycles. The Kier molecular flexibility index (Phi) is 5.20. The standard InChI is InChI=1S/C14H18ClNO4/c15-13-6-5-11(16(18)19)8-14(13)20-9-12(17)7-10-3-1-2-4-10/h5-6,8,10,12,17H,1-4,7,9H2. The van der Waals surface area contributed by atoms with Crippen molar-refractivity contribution in [1.82, 2.24) is 0 Å². The van der Waals surface area contributed by atoms with Gasteiger partial charge in [0.2, 0.25) is 0 Å². The van der Waals surface area contributed by atoms with Gasteiger partial charge in [-0.05, 0) is 18.4 Å². The number of nitro benzene ring substituents is 1. The number of benzene rings is 1. The van der Waals surface area contributed by atoms with Crippen LogP contribution in [0.1, 0.15) is 32.1 Å². The molecule has 1 saturated carbocycles. The summed E-state index contributed by atoms with van der Waals surface area (Å²) in [6.07, 6.45) is 4.94. The smallest absolute Gasteiger partial charge is 0.273 e. The number of nitrogens with zero attached hydrogens (tertiary/aromatic N) is 1. The van der Waals surface area contributed by atoms with Crippen LogP contribution < -0.4 is 4.74 Å². The van der Waals surface area contributed by atoms with E-state index in [0.717, 1.165) is 12.8 Å². The van der Waals surface area contributed by atoms with E-state index in [0.29, 0.717) is 17.4 Å². The molecular formula is C14H18ClNO4. The molecule has 1 atom stereocenters. The Labute approximate surface area is 122 Å². The van der Waals surface area contributed by atoms with Crippen LogP contribution >= 0.6 is 11.6 Å². The fourth-order valence-electron chi connectivity index (χ4n) is 2.60. The summed E-state index contributed by atoms with van der Waals surface area (Å²) < 4.78 is 5.41. The molecule has 0 saturated heterocycles. The van der Waals surface area contributed by atoms with Crippen molar-refractivity contribution in [3.05, 3.63) is 33.3 Å². The molecule has 1 aromatic carbocycles. The molecule has 1 aliphatic rings. The van der Waals surface area contributed by atoms with Gasteiger partial charge in [0, 0.05) is 6.07 Å². The van der Waals surface area contributed by atoms with Crippen LogP contribution in [0, 0.1) is 16.0 Å². The number of ether oxygens (including phenoxy) is 1. The van der Waals surface area contributed by atoms with Crippen molar-refractivity contribution in [2.75, 3.05) is 6.61 Å². The lowest BCUT2D eigenvalue weighted by atomic mass is 10.0. The molecule has 1 fully saturated rings. The van der Waals surface area contributed by atoms with E-state index in [2.05, 4.69) is 0 Å². The Morgan fingerprint density at radius 2 is 2.15 bits per heavy atom. The van der Waals surface area contributed by atoms with Crippen LogP contribution in [0.5, 0.6) is 5.75 Å². The van der Waals surface area contributed by atoms with Crippen LogP contribution in [0.2, 0.25) is 5.02 Å². The van der Waals surface area contributed by atoms with E-state index in [1.54, 1.807) is 0 Å². The normalized spacial score (nSPS) is 17.1. The fourth-order valence-corrected chi connectivity index (χ4v) is 2.77. The van der Waals surface area contributed by atoms with Crippen molar-refractivity contribution >= 4 is 17.3 Å². The molecule has 1 N–H and O–H groups in total. The minimum Gasteiger partial charge on any atom is -0.489 e. The van der Waals surface area contributed by atoms with E-state index in [4.69, 9.17) is 16.3 Å². The van der Waals surface area contributed by atoms with Gasteiger partial charge in [0.1, 0.15) is 12.4 Å². The molecule has 5 nitrogen and oxygen atoms in total. The molecule has 0 spiro atoms. The summed E-state index contributed by atoms with van der Waals surface area (Å²) in [5, 5.41) is 20.9. The first-order chi connectivity index (χ1) is 9.56. The minimum atomic E-state index is -0.562. The lowest BCUT2D eigenvalue weighted by Crippen LogP contribution is -2.20. The van der Waals surface area contributed by atoms with Crippen molar-refractivity contribution in [3.8, 4) is 5.75 Å². The molecule has 0 aromatic heterocycles. The zero-order valence-corrected chi connectivity index (χ0v) is 11.9. The number of aliphatic hydroxyl groups excluding tert-OH is 1. The van der Waals surface area contributed by atoms with Crippen LogP contribution in [0.25, 0.3) is 0 Å². The van der Waals surface area contributed by atoms with Gasteiger partial charge in [-0.2, -0.15) is 0 Å². The van der Waals surface area contributed by atoms with Crippen LogP contribution in [-0.2, 0) is 0 Å². The van der Waals surface area contributed by atoms with Crippen molar-refractivity contribution in [3.63, 3.8) is 0 Å². The molecule has 0 amide bonds. The summed E-state index contributed by atoms with van der Waals surface area (Å²) in [5.74, 6) is 0.806. The van der Waals surface area contributed by atoms with E-state index in [-0.39, 0.29) is 18.0 Å². The summed E-state index contributed by atoms with van der Waals surface area (Å²) in [5.41, 5.74) is -0.0744. The Morgan fingerprint density at radius 1 is 1.45 bits per heavy atom. The Hall–Kier alpha value is -1.33. The van der Waals surface area contributed by atoms with Crippen LogP contribution in [0.4, 0.5) is 5.69 Å². The Morgan fingerprint density at radius 3 is 2.80 bits per heavy atom. The van der Waals surface area contributed by atoms with Gasteiger partial charge in [-0.25, -0.2) is 0 Å². The molecule has 0 bridgehead atoms. The van der Waals surface area contributed by atoms with Gasteiger partial charge in [0.05, 0.1) is 22.1 Å². The second-order valence-corrected chi connectivity index (χ2v) is 5.63. The average molecular weight is 300 g/mol. The number of hydrogen-bond donors (Lipinski definition) is 1. The Bertz CT molecular complexity index is 474. The van der Waals surface area contributed by atoms with Crippen molar-refractivity contribution in [2.24, 2.45) is 5.92 Å². The van der Waals surface area contributed by atoms with Crippen LogP contribution in [-0.4, -0.2) is 22.7 Å². The average Bonchev–Trinajstić information content (AvgIpc) is 2.90.